The predicted molar refractivity (Wildman–Crippen MR) is 74.3 cm³/mol. The van der Waals surface area contributed by atoms with E-state index in [-0.39, 0.29) is 5.56 Å². The van der Waals surface area contributed by atoms with Crippen LogP contribution in [0.3, 0.4) is 0 Å². The van der Waals surface area contributed by atoms with Crippen LogP contribution in [0.2, 0.25) is 0 Å². The number of rotatable bonds is 4. The average molecular weight is 276 g/mol. The number of carboxylic acid groups (broad SMARTS) is 1. The Labute approximate surface area is 116 Å². The van der Waals surface area contributed by atoms with Crippen LogP contribution >= 0.6 is 0 Å². The maximum Gasteiger partial charge on any atom is 0.336 e. The molecule has 5 heteroatoms. The lowest BCUT2D eigenvalue weighted by Gasteiger charge is -2.09. The lowest BCUT2D eigenvalue weighted by atomic mass is 9.95. The lowest BCUT2D eigenvalue weighted by Crippen LogP contribution is -2.03. The number of halogens is 1. The molecule has 1 aromatic carbocycles. The highest BCUT2D eigenvalue weighted by Crippen LogP contribution is 2.31. The second kappa shape index (κ2) is 5.45. The van der Waals surface area contributed by atoms with Gasteiger partial charge < -0.3 is 5.11 Å². The number of nitrogens with zero attached hydrogens (tertiary/aromatic N) is 2. The maximum absolute atomic E-state index is 13.3. The van der Waals surface area contributed by atoms with E-state index in [1.807, 2.05) is 20.9 Å². The van der Waals surface area contributed by atoms with Crippen LogP contribution in [0.15, 0.2) is 18.2 Å². The van der Waals surface area contributed by atoms with Gasteiger partial charge in [-0.1, -0.05) is 19.9 Å². The first kappa shape index (κ1) is 14.2. The van der Waals surface area contributed by atoms with Crippen LogP contribution in [-0.2, 0) is 19.9 Å². The van der Waals surface area contributed by atoms with Crippen LogP contribution in [-0.4, -0.2) is 20.9 Å². The minimum absolute atomic E-state index is 0.0256. The Balaban J connectivity index is 2.77. The van der Waals surface area contributed by atoms with Crippen molar-refractivity contribution in [2.75, 3.05) is 0 Å². The Morgan fingerprint density at radius 2 is 2.05 bits per heavy atom. The molecule has 0 radical (unpaired) electrons. The molecule has 0 aliphatic carbocycles. The van der Waals surface area contributed by atoms with Gasteiger partial charge >= 0.3 is 5.97 Å². The van der Waals surface area contributed by atoms with E-state index in [0.717, 1.165) is 29.4 Å². The van der Waals surface area contributed by atoms with E-state index in [2.05, 4.69) is 5.10 Å². The zero-order chi connectivity index (χ0) is 14.9. The van der Waals surface area contributed by atoms with Gasteiger partial charge in [-0.25, -0.2) is 9.18 Å². The molecule has 0 atom stereocenters. The highest BCUT2D eigenvalue weighted by Gasteiger charge is 2.21. The standard InChI is InChI=1S/C15H17FN2O2/c1-4-12-14(13(5-2)18(3)17-12)10-7-6-9(16)8-11(10)15(19)20/h6-8H,4-5H2,1-3H3,(H,19,20). The molecule has 0 unspecified atom stereocenters. The molecule has 4 nitrogen and oxygen atoms in total. The number of benzene rings is 1. The van der Waals surface area contributed by atoms with Gasteiger partial charge in [-0.15, -0.1) is 0 Å². The molecule has 1 heterocycles. The molecule has 0 bridgehead atoms. The number of carboxylic acids is 1. The summed E-state index contributed by atoms with van der Waals surface area (Å²) < 4.78 is 15.1. The first-order chi connectivity index (χ1) is 9.49. The van der Waals surface area contributed by atoms with Crippen molar-refractivity contribution in [2.24, 2.45) is 7.05 Å². The topological polar surface area (TPSA) is 55.1 Å². The van der Waals surface area contributed by atoms with Gasteiger partial charge in [0.15, 0.2) is 0 Å². The smallest absolute Gasteiger partial charge is 0.336 e. The van der Waals surface area contributed by atoms with Gasteiger partial charge in [0.25, 0.3) is 0 Å². The number of aryl methyl sites for hydroxylation is 2. The largest absolute Gasteiger partial charge is 0.478 e. The normalized spacial score (nSPS) is 10.8. The molecular formula is C15H17FN2O2. The minimum Gasteiger partial charge on any atom is -0.478 e. The third-order valence-electron chi connectivity index (χ3n) is 3.39. The highest BCUT2D eigenvalue weighted by atomic mass is 19.1. The molecule has 0 saturated heterocycles. The molecule has 0 amide bonds. The number of aromatic carboxylic acids is 1. The van der Waals surface area contributed by atoms with Crippen LogP contribution in [0.4, 0.5) is 4.39 Å². The maximum atomic E-state index is 13.3. The summed E-state index contributed by atoms with van der Waals surface area (Å²) in [6.07, 6.45) is 1.43. The fraction of sp³-hybridized carbons (Fsp3) is 0.333. The van der Waals surface area contributed by atoms with Gasteiger partial charge in [0, 0.05) is 23.9 Å². The number of hydrogen-bond acceptors (Lipinski definition) is 2. The summed E-state index contributed by atoms with van der Waals surface area (Å²) in [4.78, 5) is 11.4. The fourth-order valence-corrected chi connectivity index (χ4v) is 2.50. The molecule has 106 valence electrons. The van der Waals surface area contributed by atoms with E-state index in [1.54, 1.807) is 4.68 Å². The van der Waals surface area contributed by atoms with Crippen molar-refractivity contribution in [1.82, 2.24) is 9.78 Å². The molecule has 2 aromatic rings. The summed E-state index contributed by atoms with van der Waals surface area (Å²) in [6, 6.07) is 3.87. The van der Waals surface area contributed by atoms with Crippen molar-refractivity contribution in [2.45, 2.75) is 26.7 Å². The second-order valence-electron chi connectivity index (χ2n) is 4.59. The first-order valence-corrected chi connectivity index (χ1v) is 6.57. The van der Waals surface area contributed by atoms with E-state index < -0.39 is 11.8 Å². The lowest BCUT2D eigenvalue weighted by molar-refractivity contribution is 0.0697. The van der Waals surface area contributed by atoms with Crippen LogP contribution in [0.5, 0.6) is 0 Å². The summed E-state index contributed by atoms with van der Waals surface area (Å²) in [6.45, 7) is 3.96. The van der Waals surface area contributed by atoms with E-state index in [0.29, 0.717) is 12.0 Å². The average Bonchev–Trinajstić information content (AvgIpc) is 2.74. The van der Waals surface area contributed by atoms with Gasteiger partial charge in [-0.2, -0.15) is 5.10 Å². The fourth-order valence-electron chi connectivity index (χ4n) is 2.50. The molecular weight excluding hydrogens is 259 g/mol. The molecule has 1 N–H and O–H groups in total. The first-order valence-electron chi connectivity index (χ1n) is 6.57. The van der Waals surface area contributed by atoms with Crippen molar-refractivity contribution in [1.29, 1.82) is 0 Å². The minimum atomic E-state index is -1.13. The Kier molecular flexibility index (Phi) is 3.88. The third-order valence-corrected chi connectivity index (χ3v) is 3.39. The van der Waals surface area contributed by atoms with Crippen molar-refractivity contribution >= 4 is 5.97 Å². The van der Waals surface area contributed by atoms with Crippen LogP contribution < -0.4 is 0 Å². The zero-order valence-corrected chi connectivity index (χ0v) is 11.8. The molecule has 0 aliphatic rings. The van der Waals surface area contributed by atoms with Crippen LogP contribution in [0, 0.1) is 5.82 Å². The van der Waals surface area contributed by atoms with E-state index >= 15 is 0 Å². The summed E-state index contributed by atoms with van der Waals surface area (Å²) >= 11 is 0. The SMILES string of the molecule is CCc1nn(C)c(CC)c1-c1ccc(F)cc1C(=O)O. The summed E-state index contributed by atoms with van der Waals surface area (Å²) in [5.41, 5.74) is 3.10. The van der Waals surface area contributed by atoms with Crippen LogP contribution in [0.25, 0.3) is 11.1 Å². The van der Waals surface area contributed by atoms with E-state index in [4.69, 9.17) is 0 Å². The highest BCUT2D eigenvalue weighted by molar-refractivity contribution is 5.96. The van der Waals surface area contributed by atoms with Crippen molar-refractivity contribution < 1.29 is 14.3 Å². The van der Waals surface area contributed by atoms with Gasteiger partial charge in [0.05, 0.1) is 11.3 Å². The Bertz CT molecular complexity index is 662. The van der Waals surface area contributed by atoms with Crippen LogP contribution in [0.1, 0.15) is 35.6 Å². The monoisotopic (exact) mass is 276 g/mol. The Hall–Kier alpha value is -2.17. The summed E-state index contributed by atoms with van der Waals surface area (Å²) in [5.74, 6) is -1.68. The summed E-state index contributed by atoms with van der Waals surface area (Å²) in [7, 11) is 1.84. The van der Waals surface area contributed by atoms with Gasteiger partial charge in [0.2, 0.25) is 0 Å². The molecule has 0 spiro atoms. The third kappa shape index (κ3) is 2.31. The summed E-state index contributed by atoms with van der Waals surface area (Å²) in [5, 5.41) is 13.7. The molecule has 0 aliphatic heterocycles. The van der Waals surface area contributed by atoms with Crippen molar-refractivity contribution in [3.8, 4) is 11.1 Å². The van der Waals surface area contributed by atoms with Gasteiger partial charge in [-0.3, -0.25) is 4.68 Å². The number of carbonyl (C=O) groups is 1. The van der Waals surface area contributed by atoms with E-state index in [9.17, 15) is 14.3 Å². The molecule has 20 heavy (non-hydrogen) atoms. The molecule has 0 saturated carbocycles. The van der Waals surface area contributed by atoms with Crippen molar-refractivity contribution in [3.05, 3.63) is 41.0 Å². The van der Waals surface area contributed by atoms with E-state index in [1.165, 1.54) is 12.1 Å². The van der Waals surface area contributed by atoms with Crippen molar-refractivity contribution in [3.63, 3.8) is 0 Å². The number of aromatic nitrogens is 2. The Morgan fingerprint density at radius 3 is 2.60 bits per heavy atom. The Morgan fingerprint density at radius 1 is 1.35 bits per heavy atom. The molecule has 1 aromatic heterocycles. The van der Waals surface area contributed by atoms with Gasteiger partial charge in [0.1, 0.15) is 5.82 Å². The second-order valence-corrected chi connectivity index (χ2v) is 4.59. The quantitative estimate of drug-likeness (QED) is 0.933. The van der Waals surface area contributed by atoms with Gasteiger partial charge in [-0.05, 0) is 25.0 Å². The zero-order valence-electron chi connectivity index (χ0n) is 11.8. The molecule has 2 rings (SSSR count). The predicted octanol–water partition coefficient (Wildman–Crippen LogP) is 3.05. The number of hydrogen-bond donors (Lipinski definition) is 1. The molecule has 0 fully saturated rings.